The zero-order chi connectivity index (χ0) is 21.4. The zero-order valence-electron chi connectivity index (χ0n) is 16.2. The van der Waals surface area contributed by atoms with Crippen molar-refractivity contribution in [3.05, 3.63) is 47.3 Å². The molecule has 7 nitrogen and oxygen atoms in total. The van der Waals surface area contributed by atoms with E-state index in [1.165, 1.54) is 0 Å². The Morgan fingerprint density at radius 3 is 2.38 bits per heavy atom. The summed E-state index contributed by atoms with van der Waals surface area (Å²) in [6, 6.07) is 11.2. The number of benzene rings is 1. The third kappa shape index (κ3) is 7.00. The summed E-state index contributed by atoms with van der Waals surface area (Å²) in [5.41, 5.74) is 1.27. The van der Waals surface area contributed by atoms with Crippen LogP contribution in [0.15, 0.2) is 41.8 Å². The van der Waals surface area contributed by atoms with Crippen LogP contribution >= 0.6 is 11.3 Å². The molecule has 1 aromatic carbocycles. The van der Waals surface area contributed by atoms with Crippen molar-refractivity contribution >= 4 is 33.0 Å². The Morgan fingerprint density at radius 2 is 1.83 bits per heavy atom. The van der Waals surface area contributed by atoms with E-state index in [4.69, 9.17) is 5.26 Å². The molecule has 0 aliphatic carbocycles. The van der Waals surface area contributed by atoms with Crippen LogP contribution in [-0.4, -0.2) is 44.3 Å². The summed E-state index contributed by atoms with van der Waals surface area (Å²) in [4.78, 5) is 26.0. The highest BCUT2D eigenvalue weighted by Crippen LogP contribution is 2.24. The summed E-state index contributed by atoms with van der Waals surface area (Å²) in [5.74, 6) is -1.99. The Bertz CT molecular complexity index is 976. The first kappa shape index (κ1) is 22.6. The maximum Gasteiger partial charge on any atom is 0.251 e. The Morgan fingerprint density at radius 1 is 1.14 bits per heavy atom. The van der Waals surface area contributed by atoms with Gasteiger partial charge in [0.25, 0.3) is 5.91 Å². The van der Waals surface area contributed by atoms with Crippen LogP contribution < -0.4 is 10.6 Å². The van der Waals surface area contributed by atoms with Crippen LogP contribution in [0, 0.1) is 17.2 Å². The Labute approximate surface area is 174 Å². The quantitative estimate of drug-likeness (QED) is 0.588. The molecule has 0 bridgehead atoms. The maximum atomic E-state index is 12.6. The van der Waals surface area contributed by atoms with E-state index in [2.05, 4.69) is 10.6 Å². The molecule has 0 aliphatic rings. The Hall–Kier alpha value is -2.70. The minimum atomic E-state index is -3.57. The lowest BCUT2D eigenvalue weighted by Gasteiger charge is -2.18. The van der Waals surface area contributed by atoms with Crippen LogP contribution in [0.1, 0.15) is 24.2 Å². The summed E-state index contributed by atoms with van der Waals surface area (Å²) >= 11 is 1.58. The van der Waals surface area contributed by atoms with Gasteiger partial charge in [-0.15, -0.1) is 11.3 Å². The molecule has 0 aliphatic heterocycles. The van der Waals surface area contributed by atoms with Crippen LogP contribution in [-0.2, 0) is 14.6 Å². The molecule has 2 amide bonds. The molecule has 0 radical (unpaired) electrons. The number of nitrogens with zero attached hydrogens (tertiary/aromatic N) is 1. The number of carbonyl (C=O) groups is 2. The van der Waals surface area contributed by atoms with E-state index >= 15 is 0 Å². The molecular weight excluding hydrogens is 410 g/mol. The van der Waals surface area contributed by atoms with Gasteiger partial charge in [0.1, 0.15) is 12.6 Å². The van der Waals surface area contributed by atoms with E-state index in [0.29, 0.717) is 5.56 Å². The van der Waals surface area contributed by atoms with Gasteiger partial charge in [0.05, 0.1) is 17.6 Å². The van der Waals surface area contributed by atoms with E-state index in [1.54, 1.807) is 55.5 Å². The van der Waals surface area contributed by atoms with Gasteiger partial charge < -0.3 is 10.6 Å². The number of rotatable bonds is 9. The second-order valence-corrected chi connectivity index (χ2v) is 10.0. The van der Waals surface area contributed by atoms with Crippen LogP contribution in [0.3, 0.4) is 0 Å². The lowest BCUT2D eigenvalue weighted by atomic mass is 10.1. The van der Waals surface area contributed by atoms with E-state index in [9.17, 15) is 18.0 Å². The van der Waals surface area contributed by atoms with Crippen LogP contribution in [0.25, 0.3) is 10.4 Å². The molecule has 1 aromatic heterocycles. The molecule has 0 saturated carbocycles. The molecule has 2 aromatic rings. The van der Waals surface area contributed by atoms with Crippen LogP contribution in [0.4, 0.5) is 0 Å². The first-order valence-corrected chi connectivity index (χ1v) is 11.7. The van der Waals surface area contributed by atoms with E-state index in [1.807, 2.05) is 17.5 Å². The average Bonchev–Trinajstić information content (AvgIpc) is 3.19. The van der Waals surface area contributed by atoms with Crippen molar-refractivity contribution in [2.75, 3.05) is 18.1 Å². The zero-order valence-corrected chi connectivity index (χ0v) is 17.8. The predicted molar refractivity (Wildman–Crippen MR) is 113 cm³/mol. The number of hydrogen-bond acceptors (Lipinski definition) is 6. The van der Waals surface area contributed by atoms with Crippen molar-refractivity contribution in [2.45, 2.75) is 19.9 Å². The summed E-state index contributed by atoms with van der Waals surface area (Å²) in [7, 11) is -3.57. The second-order valence-electron chi connectivity index (χ2n) is 6.93. The van der Waals surface area contributed by atoms with Gasteiger partial charge in [-0.25, -0.2) is 8.42 Å². The Kier molecular flexibility index (Phi) is 7.93. The van der Waals surface area contributed by atoms with Gasteiger partial charge in [-0.3, -0.25) is 9.59 Å². The summed E-state index contributed by atoms with van der Waals surface area (Å²) in [5, 5.41) is 15.4. The summed E-state index contributed by atoms with van der Waals surface area (Å²) < 4.78 is 24.7. The molecule has 1 unspecified atom stereocenters. The monoisotopic (exact) mass is 433 g/mol. The molecule has 29 heavy (non-hydrogen) atoms. The fourth-order valence-corrected chi connectivity index (χ4v) is 5.36. The van der Waals surface area contributed by atoms with Crippen LogP contribution in [0.5, 0.6) is 0 Å². The van der Waals surface area contributed by atoms with Gasteiger partial charge in [-0.05, 0) is 35.1 Å². The smallest absolute Gasteiger partial charge is 0.251 e. The molecule has 0 spiro atoms. The number of hydrogen-bond donors (Lipinski definition) is 2. The third-order valence-electron chi connectivity index (χ3n) is 3.92. The molecule has 154 valence electrons. The van der Waals surface area contributed by atoms with Crippen molar-refractivity contribution in [3.63, 3.8) is 0 Å². The summed E-state index contributed by atoms with van der Waals surface area (Å²) in [6.07, 6.45) is 0. The molecule has 9 heteroatoms. The van der Waals surface area contributed by atoms with Gasteiger partial charge in [0.2, 0.25) is 5.91 Å². The number of nitriles is 1. The first-order valence-electron chi connectivity index (χ1n) is 9.01. The van der Waals surface area contributed by atoms with E-state index < -0.39 is 33.4 Å². The van der Waals surface area contributed by atoms with E-state index in [-0.39, 0.29) is 18.2 Å². The van der Waals surface area contributed by atoms with Crippen molar-refractivity contribution < 1.29 is 18.0 Å². The average molecular weight is 434 g/mol. The third-order valence-corrected chi connectivity index (χ3v) is 6.86. The van der Waals surface area contributed by atoms with Crippen LogP contribution in [0.2, 0.25) is 0 Å². The molecule has 0 saturated heterocycles. The number of amides is 2. The molecule has 2 N–H and O–H groups in total. The fraction of sp³-hybridized carbons (Fsp3) is 0.350. The molecule has 0 fully saturated rings. The van der Waals surface area contributed by atoms with Gasteiger partial charge in [-0.1, -0.05) is 32.0 Å². The minimum absolute atomic E-state index is 0.0968. The van der Waals surface area contributed by atoms with Gasteiger partial charge in [0.15, 0.2) is 9.84 Å². The number of nitrogens with one attached hydrogen (secondary N) is 2. The first-order chi connectivity index (χ1) is 13.7. The van der Waals surface area contributed by atoms with Gasteiger partial charge in [-0.2, -0.15) is 5.26 Å². The highest BCUT2D eigenvalue weighted by atomic mass is 32.2. The van der Waals surface area contributed by atoms with Gasteiger partial charge in [0, 0.05) is 10.4 Å². The Balaban J connectivity index is 2.15. The standard InChI is InChI=1S/C20H23N3O4S2/c1-14(2)12-29(26,27)13-17(20(25)22-10-9-21)23-19(24)16-7-5-15(6-8-16)18-4-3-11-28-18/h3-8,11,14,17H,10,12-13H2,1-2H3,(H,22,25)(H,23,24). The highest BCUT2D eigenvalue weighted by Gasteiger charge is 2.28. The lowest BCUT2D eigenvalue weighted by Crippen LogP contribution is -2.50. The molecular formula is C20H23N3O4S2. The fourth-order valence-electron chi connectivity index (χ4n) is 2.73. The SMILES string of the molecule is CC(C)CS(=O)(=O)CC(NC(=O)c1ccc(-c2cccs2)cc1)C(=O)NCC#N. The molecule has 1 atom stereocenters. The summed E-state index contributed by atoms with van der Waals surface area (Å²) in [6.45, 7) is 3.25. The highest BCUT2D eigenvalue weighted by molar-refractivity contribution is 7.91. The van der Waals surface area contributed by atoms with Gasteiger partial charge >= 0.3 is 0 Å². The predicted octanol–water partition coefficient (Wildman–Crippen LogP) is 2.22. The van der Waals surface area contributed by atoms with E-state index in [0.717, 1.165) is 10.4 Å². The largest absolute Gasteiger partial charge is 0.341 e. The lowest BCUT2D eigenvalue weighted by molar-refractivity contribution is -0.122. The second kappa shape index (κ2) is 10.2. The maximum absolute atomic E-state index is 12.6. The normalized spacial score (nSPS) is 12.2. The van der Waals surface area contributed by atoms with Crippen molar-refractivity contribution in [3.8, 4) is 16.5 Å². The number of sulfone groups is 1. The number of thiophene rings is 1. The number of carbonyl (C=O) groups excluding carboxylic acids is 2. The van der Waals surface area contributed by atoms with Crippen molar-refractivity contribution in [2.24, 2.45) is 5.92 Å². The topological polar surface area (TPSA) is 116 Å². The molecule has 1 heterocycles. The molecule has 2 rings (SSSR count). The minimum Gasteiger partial charge on any atom is -0.341 e. The van der Waals surface area contributed by atoms with Crippen molar-refractivity contribution in [1.82, 2.24) is 10.6 Å². The van der Waals surface area contributed by atoms with Crippen molar-refractivity contribution in [1.29, 1.82) is 5.26 Å².